The van der Waals surface area contributed by atoms with Gasteiger partial charge in [0.2, 0.25) is 0 Å². The number of quaternary nitrogens is 1. The van der Waals surface area contributed by atoms with E-state index in [1.807, 2.05) is 0 Å². The summed E-state index contributed by atoms with van der Waals surface area (Å²) in [4.78, 5) is 0. The Bertz CT molecular complexity index is 384. The second kappa shape index (κ2) is 4.70. The van der Waals surface area contributed by atoms with Crippen LogP contribution in [-0.4, -0.2) is 5.54 Å². The van der Waals surface area contributed by atoms with Crippen molar-refractivity contribution in [3.63, 3.8) is 0 Å². The highest BCUT2D eigenvalue weighted by Crippen LogP contribution is 2.38. The molecule has 1 aliphatic heterocycles. The summed E-state index contributed by atoms with van der Waals surface area (Å²) in [5.74, 6) is 0.723. The van der Waals surface area contributed by atoms with Crippen LogP contribution in [0, 0.1) is 0 Å². The highest BCUT2D eigenvalue weighted by molar-refractivity contribution is 5.32. The van der Waals surface area contributed by atoms with Crippen molar-refractivity contribution in [3.05, 3.63) is 35.4 Å². The number of benzene rings is 1. The largest absolute Gasteiger partial charge is 0.335 e. The molecule has 1 aromatic rings. The molecule has 2 aliphatic rings. The molecule has 1 heterocycles. The van der Waals surface area contributed by atoms with Crippen LogP contribution in [0.3, 0.4) is 0 Å². The molecule has 98 valence electrons. The molecule has 0 unspecified atom stereocenters. The average molecular weight is 244 g/mol. The summed E-state index contributed by atoms with van der Waals surface area (Å²) in [7, 11) is 0. The maximum absolute atomic E-state index is 2.70. The van der Waals surface area contributed by atoms with E-state index in [0.717, 1.165) is 5.92 Å². The van der Waals surface area contributed by atoms with E-state index in [2.05, 4.69) is 43.4 Å². The topological polar surface area (TPSA) is 16.6 Å². The molecular weight excluding hydrogens is 218 g/mol. The minimum Gasteiger partial charge on any atom is -0.335 e. The van der Waals surface area contributed by atoms with Crippen LogP contribution in [0.2, 0.25) is 0 Å². The van der Waals surface area contributed by atoms with Crippen LogP contribution in [0.25, 0.3) is 0 Å². The molecule has 1 heteroatoms. The lowest BCUT2D eigenvalue weighted by molar-refractivity contribution is -0.763. The molecule has 0 bridgehead atoms. The van der Waals surface area contributed by atoms with Crippen LogP contribution in [-0.2, 0) is 0 Å². The standard InChI is InChI=1S/C17H25N/c1-13-12-17(10-6-3-7-11-17)18-14(2)16-9-5-4-8-15(13)16/h4-5,8-9,13-14,18H,3,6-7,10-12H2,1-2H3/p+1/t13-,14-/m0/s1. The molecule has 18 heavy (non-hydrogen) atoms. The van der Waals surface area contributed by atoms with Gasteiger partial charge in [0.25, 0.3) is 0 Å². The highest BCUT2D eigenvalue weighted by atomic mass is 15.0. The van der Waals surface area contributed by atoms with Gasteiger partial charge in [-0.15, -0.1) is 0 Å². The fourth-order valence-electron chi connectivity index (χ4n) is 4.41. The van der Waals surface area contributed by atoms with E-state index in [9.17, 15) is 0 Å². The maximum atomic E-state index is 2.70. The third-order valence-corrected chi connectivity index (χ3v) is 5.18. The molecule has 1 aromatic carbocycles. The predicted octanol–water partition coefficient (Wildman–Crippen LogP) is 3.52. The van der Waals surface area contributed by atoms with Crippen LogP contribution >= 0.6 is 0 Å². The molecule has 1 aliphatic carbocycles. The molecule has 1 fully saturated rings. The first-order valence-electron chi connectivity index (χ1n) is 7.65. The predicted molar refractivity (Wildman–Crippen MR) is 75.6 cm³/mol. The van der Waals surface area contributed by atoms with Crippen LogP contribution in [0.5, 0.6) is 0 Å². The summed E-state index contributed by atoms with van der Waals surface area (Å²) in [5.41, 5.74) is 3.71. The quantitative estimate of drug-likeness (QED) is 0.719. The third-order valence-electron chi connectivity index (χ3n) is 5.18. The van der Waals surface area contributed by atoms with Crippen molar-refractivity contribution in [2.75, 3.05) is 0 Å². The molecule has 0 radical (unpaired) electrons. The van der Waals surface area contributed by atoms with Gasteiger partial charge in [0.05, 0.1) is 5.54 Å². The van der Waals surface area contributed by atoms with E-state index < -0.39 is 0 Å². The smallest absolute Gasteiger partial charge is 0.109 e. The molecule has 2 atom stereocenters. The SMILES string of the molecule is C[C@@H]1[NH2+]C2(CCCCC2)C[C@H](C)c2ccccc21. The van der Waals surface area contributed by atoms with Gasteiger partial charge in [-0.05, 0) is 31.2 Å². The lowest BCUT2D eigenvalue weighted by Crippen LogP contribution is -2.97. The minimum absolute atomic E-state index is 0.538. The summed E-state index contributed by atoms with van der Waals surface area (Å²) in [5, 5.41) is 2.70. The van der Waals surface area contributed by atoms with Crippen LogP contribution in [0.4, 0.5) is 0 Å². The first-order valence-corrected chi connectivity index (χ1v) is 7.65. The van der Waals surface area contributed by atoms with Gasteiger partial charge in [-0.3, -0.25) is 0 Å². The van der Waals surface area contributed by atoms with Crippen molar-refractivity contribution < 1.29 is 5.32 Å². The lowest BCUT2D eigenvalue weighted by atomic mass is 9.75. The van der Waals surface area contributed by atoms with Gasteiger partial charge in [0.15, 0.2) is 0 Å². The molecule has 0 aromatic heterocycles. The van der Waals surface area contributed by atoms with E-state index in [1.165, 1.54) is 38.5 Å². The minimum atomic E-state index is 0.538. The van der Waals surface area contributed by atoms with Crippen LogP contribution in [0.15, 0.2) is 24.3 Å². The summed E-state index contributed by atoms with van der Waals surface area (Å²) in [6.07, 6.45) is 8.55. The first kappa shape index (κ1) is 12.2. The van der Waals surface area contributed by atoms with E-state index in [-0.39, 0.29) is 0 Å². The number of hydrogen-bond donors (Lipinski definition) is 1. The zero-order valence-electron chi connectivity index (χ0n) is 11.8. The summed E-state index contributed by atoms with van der Waals surface area (Å²) < 4.78 is 0. The van der Waals surface area contributed by atoms with Gasteiger partial charge in [-0.2, -0.15) is 0 Å². The number of rotatable bonds is 0. The Morgan fingerprint density at radius 1 is 1.00 bits per heavy atom. The second-order valence-corrected chi connectivity index (χ2v) is 6.61. The van der Waals surface area contributed by atoms with E-state index in [1.54, 1.807) is 11.1 Å². The summed E-state index contributed by atoms with van der Waals surface area (Å²) in [6, 6.07) is 9.74. The molecular formula is C17H26N+. The van der Waals surface area contributed by atoms with Crippen molar-refractivity contribution >= 4 is 0 Å². The van der Waals surface area contributed by atoms with Gasteiger partial charge in [-0.25, -0.2) is 0 Å². The highest BCUT2D eigenvalue weighted by Gasteiger charge is 2.41. The molecule has 0 saturated heterocycles. The molecule has 0 amide bonds. The Morgan fingerprint density at radius 2 is 1.67 bits per heavy atom. The lowest BCUT2D eigenvalue weighted by Gasteiger charge is -2.36. The van der Waals surface area contributed by atoms with E-state index in [0.29, 0.717) is 11.6 Å². The number of nitrogens with two attached hydrogens (primary N) is 1. The maximum Gasteiger partial charge on any atom is 0.109 e. The number of fused-ring (bicyclic) bond motifs is 1. The Morgan fingerprint density at radius 3 is 2.39 bits per heavy atom. The molecule has 1 saturated carbocycles. The fourth-order valence-corrected chi connectivity index (χ4v) is 4.41. The number of hydrogen-bond acceptors (Lipinski definition) is 0. The van der Waals surface area contributed by atoms with Gasteiger partial charge < -0.3 is 5.32 Å². The van der Waals surface area contributed by atoms with E-state index >= 15 is 0 Å². The van der Waals surface area contributed by atoms with Gasteiger partial charge in [0.1, 0.15) is 6.04 Å². The fraction of sp³-hybridized carbons (Fsp3) is 0.647. The van der Waals surface area contributed by atoms with Crippen molar-refractivity contribution in [1.82, 2.24) is 0 Å². The van der Waals surface area contributed by atoms with Crippen molar-refractivity contribution in [1.29, 1.82) is 0 Å². The Labute approximate surface area is 111 Å². The zero-order chi connectivity index (χ0) is 12.6. The van der Waals surface area contributed by atoms with Crippen LogP contribution < -0.4 is 5.32 Å². The van der Waals surface area contributed by atoms with Crippen molar-refractivity contribution in [2.45, 2.75) is 69.9 Å². The monoisotopic (exact) mass is 244 g/mol. The molecule has 3 rings (SSSR count). The van der Waals surface area contributed by atoms with Crippen molar-refractivity contribution in [3.8, 4) is 0 Å². The summed E-state index contributed by atoms with van der Waals surface area (Å²) in [6.45, 7) is 4.83. The molecule has 1 spiro atoms. The van der Waals surface area contributed by atoms with Crippen LogP contribution in [0.1, 0.15) is 75.5 Å². The summed E-state index contributed by atoms with van der Waals surface area (Å²) >= 11 is 0. The molecule has 1 nitrogen and oxygen atoms in total. The van der Waals surface area contributed by atoms with Gasteiger partial charge in [-0.1, -0.05) is 37.6 Å². The van der Waals surface area contributed by atoms with Crippen molar-refractivity contribution in [2.24, 2.45) is 0 Å². The first-order chi connectivity index (χ1) is 8.70. The normalized spacial score (nSPS) is 30.8. The van der Waals surface area contributed by atoms with E-state index in [4.69, 9.17) is 0 Å². The Kier molecular flexibility index (Phi) is 3.19. The third kappa shape index (κ3) is 2.09. The van der Waals surface area contributed by atoms with Gasteiger partial charge >= 0.3 is 0 Å². The second-order valence-electron chi connectivity index (χ2n) is 6.61. The Hall–Kier alpha value is -0.820. The van der Waals surface area contributed by atoms with Gasteiger partial charge in [0, 0.05) is 24.8 Å². The Balaban J connectivity index is 1.95. The zero-order valence-corrected chi connectivity index (χ0v) is 11.8. The molecule has 2 N–H and O–H groups in total. The average Bonchev–Trinajstić information content (AvgIpc) is 2.48.